The number of hydrogen-bond acceptors (Lipinski definition) is 4. The highest BCUT2D eigenvalue weighted by Crippen LogP contribution is 2.67. The fourth-order valence-corrected chi connectivity index (χ4v) is 27.0. The summed E-state index contributed by atoms with van der Waals surface area (Å²) in [6.45, 7) is 5.28. The van der Waals surface area contributed by atoms with Crippen LogP contribution >= 0.6 is 0 Å². The monoisotopic (exact) mass is 1630 g/mol. The molecule has 0 N–H and O–H groups in total. The average Bonchev–Trinajstić information content (AvgIpc) is 1.51. The summed E-state index contributed by atoms with van der Waals surface area (Å²) in [4.78, 5) is 9.83. The Morgan fingerprint density at radius 1 is 0.220 bits per heavy atom. The van der Waals surface area contributed by atoms with Gasteiger partial charge in [0, 0.05) is 97.1 Å². The summed E-state index contributed by atoms with van der Waals surface area (Å²) < 4.78 is 2.47. The van der Waals surface area contributed by atoms with Crippen LogP contribution in [0.4, 0.5) is 68.2 Å². The van der Waals surface area contributed by atoms with Crippen LogP contribution in [0.15, 0.2) is 449 Å². The molecule has 596 valence electrons. The maximum absolute atomic E-state index is 2.71. The number of aromatic nitrogens is 1. The lowest BCUT2D eigenvalue weighted by atomic mass is 9.61. The van der Waals surface area contributed by atoms with Gasteiger partial charge in [-0.25, -0.2) is 0 Å². The van der Waals surface area contributed by atoms with Gasteiger partial charge in [0.1, 0.15) is 8.07 Å². The van der Waals surface area contributed by atoms with Crippen LogP contribution in [0.1, 0.15) is 44.5 Å². The van der Waals surface area contributed by atoms with E-state index in [9.17, 15) is 0 Å². The lowest BCUT2D eigenvalue weighted by Crippen LogP contribution is -2.51. The van der Waals surface area contributed by atoms with Crippen molar-refractivity contribution in [2.75, 3.05) is 19.6 Å². The molecular weight excluding hydrogens is 1550 g/mol. The molecule has 20 aromatic carbocycles. The summed E-state index contributed by atoms with van der Waals surface area (Å²) in [6.07, 6.45) is 0. The van der Waals surface area contributed by atoms with E-state index in [1.807, 2.05) is 0 Å². The van der Waals surface area contributed by atoms with Crippen molar-refractivity contribution in [1.29, 1.82) is 0 Å². The number of rotatable bonds is 13. The number of benzene rings is 20. The first-order valence-corrected chi connectivity index (χ1v) is 47.3. The predicted octanol–water partition coefficient (Wildman–Crippen LogP) is 30.7. The third-order valence-corrected chi connectivity index (χ3v) is 32.2. The number of aryl methyl sites for hydroxylation is 1. The average molecular weight is 1640 g/mol. The molecule has 1 aliphatic heterocycles. The molecule has 2 spiro atoms. The zero-order chi connectivity index (χ0) is 84.0. The smallest absolute Gasteiger partial charge is 0.114 e. The van der Waals surface area contributed by atoms with Crippen molar-refractivity contribution in [3.05, 3.63) is 493 Å². The van der Waals surface area contributed by atoms with Crippen LogP contribution in [0.2, 0.25) is 13.1 Å². The second-order valence-corrected chi connectivity index (χ2v) is 39.6. The van der Waals surface area contributed by atoms with Gasteiger partial charge in [0.25, 0.3) is 0 Å². The number of anilines is 12. The van der Waals surface area contributed by atoms with Crippen LogP contribution in [-0.2, 0) is 17.9 Å². The minimum atomic E-state index is -2.71. The van der Waals surface area contributed by atoms with Crippen LogP contribution < -0.4 is 30.0 Å². The van der Waals surface area contributed by atoms with Crippen molar-refractivity contribution < 1.29 is 0 Å². The van der Waals surface area contributed by atoms with E-state index in [1.165, 1.54) is 159 Å². The summed E-state index contributed by atoms with van der Waals surface area (Å²) in [5, 5.41) is 10.5. The van der Waals surface area contributed by atoms with E-state index in [0.717, 1.165) is 73.8 Å². The van der Waals surface area contributed by atoms with Gasteiger partial charge in [-0.05, 0) is 289 Å². The Bertz CT molecular complexity index is 7870. The molecule has 4 aliphatic carbocycles. The van der Waals surface area contributed by atoms with Crippen molar-refractivity contribution in [3.63, 3.8) is 0 Å². The van der Waals surface area contributed by atoms with E-state index >= 15 is 0 Å². The van der Waals surface area contributed by atoms with Crippen molar-refractivity contribution in [3.8, 4) is 66.8 Å². The standard InChI is InChI=1S/C121H83N5Si/c1-122-112-57-26-25-52-98(112)100-68-70-106-116(118(100)122)102-53-28-32-78-34-30-55-104(114(78)102)120(106)108-74-90(123(82-37-11-4-12-38-82)83-39-13-5-14-40-83)59-64-94(108)95-67-62-93(77-109(95)120)126(88-49-23-10-24-50-88)89-51-27-36-80(72-89)81-58-63-99-101-69-71-107-117(119(101)127(2,3)113(99)73-81)103-54-29-33-79-35-31-56-105(115(79)103)121(107)110-75-91(124(84-41-15-6-16-42-84)85-43-17-7-18-44-85)60-65-96(110)97-66-61-92(76-111(97)121)125(86-45-19-8-20-46-86)87-47-21-9-22-48-87/h4-77H,1-3H3. The highest BCUT2D eigenvalue weighted by molar-refractivity contribution is 7.04. The van der Waals surface area contributed by atoms with Crippen molar-refractivity contribution in [2.45, 2.75) is 23.9 Å². The Labute approximate surface area is 740 Å². The molecule has 0 saturated carbocycles. The molecule has 5 nitrogen and oxygen atoms in total. The van der Waals surface area contributed by atoms with E-state index in [-0.39, 0.29) is 0 Å². The fraction of sp³-hybridized carbons (Fsp3) is 0.0413. The molecule has 26 rings (SSSR count). The molecule has 6 heteroatoms. The zero-order valence-electron chi connectivity index (χ0n) is 70.5. The van der Waals surface area contributed by atoms with E-state index in [2.05, 4.69) is 493 Å². The van der Waals surface area contributed by atoms with Gasteiger partial charge < -0.3 is 24.2 Å². The highest BCUT2D eigenvalue weighted by Gasteiger charge is 2.55. The number of hydrogen-bond donors (Lipinski definition) is 0. The van der Waals surface area contributed by atoms with E-state index in [1.54, 1.807) is 0 Å². The maximum atomic E-state index is 2.64. The van der Waals surface area contributed by atoms with E-state index in [0.29, 0.717) is 0 Å². The summed E-state index contributed by atoms with van der Waals surface area (Å²) >= 11 is 0. The quantitative estimate of drug-likeness (QED) is 0.107. The summed E-state index contributed by atoms with van der Waals surface area (Å²) in [6, 6.07) is 170. The third-order valence-electron chi connectivity index (χ3n) is 28.6. The molecule has 5 aliphatic rings. The van der Waals surface area contributed by atoms with Crippen LogP contribution in [0.3, 0.4) is 0 Å². The van der Waals surface area contributed by atoms with E-state index < -0.39 is 18.9 Å². The molecule has 1 aromatic heterocycles. The largest absolute Gasteiger partial charge is 0.343 e. The first-order valence-electron chi connectivity index (χ1n) is 44.3. The van der Waals surface area contributed by atoms with Gasteiger partial charge >= 0.3 is 0 Å². The van der Waals surface area contributed by atoms with Gasteiger partial charge in [-0.1, -0.05) is 310 Å². The lowest BCUT2D eigenvalue weighted by Gasteiger charge is -2.42. The Kier molecular flexibility index (Phi) is 15.9. The molecule has 0 radical (unpaired) electrons. The molecule has 1 unspecified atom stereocenters. The molecule has 21 aromatic rings. The zero-order valence-corrected chi connectivity index (χ0v) is 71.5. The van der Waals surface area contributed by atoms with Gasteiger partial charge in [-0.15, -0.1) is 0 Å². The Morgan fingerprint density at radius 3 is 0.984 bits per heavy atom. The van der Waals surface area contributed by atoms with Gasteiger partial charge in [-0.2, -0.15) is 0 Å². The van der Waals surface area contributed by atoms with Gasteiger partial charge in [-0.3, -0.25) is 0 Å². The third kappa shape index (κ3) is 10.4. The molecule has 2 heterocycles. The number of nitrogens with zero attached hydrogens (tertiary/aromatic N) is 5. The Morgan fingerprint density at radius 2 is 0.551 bits per heavy atom. The predicted molar refractivity (Wildman–Crippen MR) is 534 cm³/mol. The summed E-state index contributed by atoms with van der Waals surface area (Å²) in [5.41, 5.74) is 39.5. The van der Waals surface area contributed by atoms with Crippen LogP contribution in [0, 0.1) is 0 Å². The maximum Gasteiger partial charge on any atom is 0.114 e. The molecular formula is C121H83N5Si. The first kappa shape index (κ1) is 72.7. The minimum Gasteiger partial charge on any atom is -0.343 e. The SMILES string of the molecule is Cn1c2ccccc2c2ccc3c(c21)-c1cccc2cccc(c12)C31c2cc(N(c3ccccc3)c3ccccc3)ccc2-c2ccc(N(c3ccccc3)c3cccc(-c4ccc5c(c4)[Si](C)(C)c4c-5ccc5c4-c4cccc6cccc(c46)C54c5cc(N(c6ccccc6)c6ccccc6)ccc5-c5ccc(N(c6ccccc6)c6ccccc6)cc54)c3)cc21. The Balaban J connectivity index is 0.654. The first-order chi connectivity index (χ1) is 62.7. The topological polar surface area (TPSA) is 17.9 Å². The Hall–Kier alpha value is -15.9. The van der Waals surface area contributed by atoms with Gasteiger partial charge in [0.05, 0.1) is 16.3 Å². The molecule has 0 fully saturated rings. The van der Waals surface area contributed by atoms with Crippen LogP contribution in [0.25, 0.3) is 110 Å². The summed E-state index contributed by atoms with van der Waals surface area (Å²) in [7, 11) is -0.437. The molecule has 1 atom stereocenters. The second kappa shape index (κ2) is 27.8. The minimum absolute atomic E-state index is 0.785. The van der Waals surface area contributed by atoms with Crippen molar-refractivity contribution >= 4 is 130 Å². The van der Waals surface area contributed by atoms with Gasteiger partial charge in [0.15, 0.2) is 0 Å². The second-order valence-electron chi connectivity index (χ2n) is 35.3. The van der Waals surface area contributed by atoms with E-state index in [4.69, 9.17) is 0 Å². The normalized spacial score (nSPS) is 14.4. The van der Waals surface area contributed by atoms with Crippen LogP contribution in [-0.4, -0.2) is 12.6 Å². The van der Waals surface area contributed by atoms with Gasteiger partial charge in [0.2, 0.25) is 0 Å². The molecule has 0 bridgehead atoms. The lowest BCUT2D eigenvalue weighted by molar-refractivity contribution is 0.774. The molecule has 127 heavy (non-hydrogen) atoms. The highest BCUT2D eigenvalue weighted by atomic mass is 28.3. The van der Waals surface area contributed by atoms with Crippen molar-refractivity contribution in [2.24, 2.45) is 7.05 Å². The van der Waals surface area contributed by atoms with Crippen LogP contribution in [0.5, 0.6) is 0 Å². The fourth-order valence-electron chi connectivity index (χ4n) is 23.5. The molecule has 0 saturated heterocycles. The van der Waals surface area contributed by atoms with Crippen molar-refractivity contribution in [1.82, 2.24) is 4.57 Å². The number of para-hydroxylation sites is 8. The summed E-state index contributed by atoms with van der Waals surface area (Å²) in [5.74, 6) is 0. The molecule has 0 amide bonds. The number of fused-ring (bicyclic) bond motifs is 26.